The third-order valence-corrected chi connectivity index (χ3v) is 4.04. The SMILES string of the molecule is Cc1ccccc1C(Br)Cc1ccc(C(F)(F)F)cc1. The topological polar surface area (TPSA) is 0 Å². The molecule has 0 nitrogen and oxygen atoms in total. The molecule has 0 saturated carbocycles. The molecule has 2 aromatic carbocycles. The van der Waals surface area contributed by atoms with Gasteiger partial charge in [0.2, 0.25) is 0 Å². The maximum absolute atomic E-state index is 12.5. The lowest BCUT2D eigenvalue weighted by molar-refractivity contribution is -0.137. The Morgan fingerprint density at radius 1 is 1.00 bits per heavy atom. The van der Waals surface area contributed by atoms with Crippen LogP contribution in [-0.4, -0.2) is 0 Å². The van der Waals surface area contributed by atoms with E-state index in [0.29, 0.717) is 6.42 Å². The summed E-state index contributed by atoms with van der Waals surface area (Å²) in [7, 11) is 0. The van der Waals surface area contributed by atoms with Crippen LogP contribution in [0.2, 0.25) is 0 Å². The first kappa shape index (κ1) is 15.1. The second kappa shape index (κ2) is 6.00. The third kappa shape index (κ3) is 3.63. The van der Waals surface area contributed by atoms with Gasteiger partial charge in [0.15, 0.2) is 0 Å². The Hall–Kier alpha value is -1.29. The van der Waals surface area contributed by atoms with Crippen LogP contribution < -0.4 is 0 Å². The number of benzene rings is 2. The summed E-state index contributed by atoms with van der Waals surface area (Å²) in [4.78, 5) is 0.0976. The van der Waals surface area contributed by atoms with Gasteiger partial charge in [-0.05, 0) is 42.2 Å². The van der Waals surface area contributed by atoms with Crippen LogP contribution in [0, 0.1) is 6.92 Å². The van der Waals surface area contributed by atoms with Crippen LogP contribution >= 0.6 is 15.9 Å². The summed E-state index contributed by atoms with van der Waals surface area (Å²) in [5, 5.41) is 0. The highest BCUT2D eigenvalue weighted by atomic mass is 79.9. The van der Waals surface area contributed by atoms with Gasteiger partial charge in [-0.1, -0.05) is 52.3 Å². The van der Waals surface area contributed by atoms with Crippen molar-refractivity contribution in [3.05, 3.63) is 70.8 Å². The molecule has 20 heavy (non-hydrogen) atoms. The molecule has 0 radical (unpaired) electrons. The standard InChI is InChI=1S/C16H14BrF3/c1-11-4-2-3-5-14(11)15(17)10-12-6-8-13(9-7-12)16(18,19)20/h2-9,15H,10H2,1H3. The van der Waals surface area contributed by atoms with Crippen LogP contribution in [0.25, 0.3) is 0 Å². The third-order valence-electron chi connectivity index (χ3n) is 3.22. The van der Waals surface area contributed by atoms with Crippen LogP contribution in [0.4, 0.5) is 13.2 Å². The zero-order valence-electron chi connectivity index (χ0n) is 10.9. The second-order valence-corrected chi connectivity index (χ2v) is 5.83. The van der Waals surface area contributed by atoms with Gasteiger partial charge in [0.05, 0.1) is 5.56 Å². The lowest BCUT2D eigenvalue weighted by Gasteiger charge is -2.14. The molecule has 0 aromatic heterocycles. The Labute approximate surface area is 124 Å². The summed E-state index contributed by atoms with van der Waals surface area (Å²) < 4.78 is 37.5. The maximum atomic E-state index is 12.5. The minimum atomic E-state index is -4.28. The molecule has 2 aromatic rings. The molecule has 2 rings (SSSR count). The lowest BCUT2D eigenvalue weighted by Crippen LogP contribution is -2.05. The molecule has 0 aliphatic heterocycles. The van der Waals surface area contributed by atoms with Crippen molar-refractivity contribution in [1.29, 1.82) is 0 Å². The number of rotatable bonds is 3. The van der Waals surface area contributed by atoms with Crippen LogP contribution in [-0.2, 0) is 12.6 Å². The molecular formula is C16H14BrF3. The predicted octanol–water partition coefficient (Wildman–Crippen LogP) is 5.69. The molecule has 1 atom stereocenters. The molecule has 0 heterocycles. The van der Waals surface area contributed by atoms with E-state index in [1.54, 1.807) is 0 Å². The van der Waals surface area contributed by atoms with Gasteiger partial charge in [-0.2, -0.15) is 13.2 Å². The van der Waals surface area contributed by atoms with Crippen LogP contribution in [0.15, 0.2) is 48.5 Å². The molecule has 0 saturated heterocycles. The fourth-order valence-electron chi connectivity index (χ4n) is 2.08. The van der Waals surface area contributed by atoms with Crippen molar-refractivity contribution in [2.45, 2.75) is 24.3 Å². The smallest absolute Gasteiger partial charge is 0.166 e. The summed E-state index contributed by atoms with van der Waals surface area (Å²) in [5.41, 5.74) is 2.60. The van der Waals surface area contributed by atoms with Crippen molar-refractivity contribution in [2.75, 3.05) is 0 Å². The Bertz CT molecular complexity index is 573. The minimum Gasteiger partial charge on any atom is -0.166 e. The zero-order chi connectivity index (χ0) is 14.8. The van der Waals surface area contributed by atoms with E-state index in [9.17, 15) is 13.2 Å². The van der Waals surface area contributed by atoms with Crippen molar-refractivity contribution < 1.29 is 13.2 Å². The van der Waals surface area contributed by atoms with Crippen LogP contribution in [0.3, 0.4) is 0 Å². The largest absolute Gasteiger partial charge is 0.416 e. The van der Waals surface area contributed by atoms with Gasteiger partial charge >= 0.3 is 6.18 Å². The quantitative estimate of drug-likeness (QED) is 0.628. The molecule has 0 amide bonds. The molecule has 0 aliphatic rings. The highest BCUT2D eigenvalue weighted by Crippen LogP contribution is 2.32. The molecule has 106 valence electrons. The Morgan fingerprint density at radius 3 is 2.15 bits per heavy atom. The number of hydrogen-bond donors (Lipinski definition) is 0. The van der Waals surface area contributed by atoms with Crippen molar-refractivity contribution in [3.63, 3.8) is 0 Å². The fourth-order valence-corrected chi connectivity index (χ4v) is 2.97. The number of alkyl halides is 4. The normalized spacial score (nSPS) is 13.2. The fraction of sp³-hybridized carbons (Fsp3) is 0.250. The van der Waals surface area contributed by atoms with Crippen molar-refractivity contribution in [3.8, 4) is 0 Å². The van der Waals surface area contributed by atoms with Crippen molar-refractivity contribution in [2.24, 2.45) is 0 Å². The van der Waals surface area contributed by atoms with E-state index >= 15 is 0 Å². The van der Waals surface area contributed by atoms with Gasteiger partial charge in [-0.25, -0.2) is 0 Å². The number of halogens is 4. The van der Waals surface area contributed by atoms with E-state index in [1.165, 1.54) is 17.7 Å². The van der Waals surface area contributed by atoms with Gasteiger partial charge in [-0.15, -0.1) is 0 Å². The monoisotopic (exact) mass is 342 g/mol. The van der Waals surface area contributed by atoms with E-state index < -0.39 is 11.7 Å². The zero-order valence-corrected chi connectivity index (χ0v) is 12.5. The first-order valence-corrected chi connectivity index (χ1v) is 7.15. The van der Waals surface area contributed by atoms with Crippen molar-refractivity contribution in [1.82, 2.24) is 0 Å². The summed E-state index contributed by atoms with van der Waals surface area (Å²) >= 11 is 3.61. The van der Waals surface area contributed by atoms with E-state index in [2.05, 4.69) is 15.9 Å². The molecule has 0 fully saturated rings. The average Bonchev–Trinajstić information content (AvgIpc) is 2.38. The number of aryl methyl sites for hydroxylation is 1. The maximum Gasteiger partial charge on any atom is 0.416 e. The van der Waals surface area contributed by atoms with E-state index in [1.807, 2.05) is 31.2 Å². The first-order chi connectivity index (χ1) is 9.38. The Morgan fingerprint density at radius 2 is 1.60 bits per heavy atom. The summed E-state index contributed by atoms with van der Waals surface area (Å²) in [5.74, 6) is 0. The van der Waals surface area contributed by atoms with Crippen molar-refractivity contribution >= 4 is 15.9 Å². The lowest BCUT2D eigenvalue weighted by atomic mass is 10.00. The van der Waals surface area contributed by atoms with Gasteiger partial charge in [0.1, 0.15) is 0 Å². The van der Waals surface area contributed by atoms with E-state index in [-0.39, 0.29) is 4.83 Å². The van der Waals surface area contributed by atoms with Gasteiger partial charge in [0.25, 0.3) is 0 Å². The van der Waals surface area contributed by atoms with Gasteiger partial charge in [-0.3, -0.25) is 0 Å². The van der Waals surface area contributed by atoms with Gasteiger partial charge < -0.3 is 0 Å². The highest BCUT2D eigenvalue weighted by Gasteiger charge is 2.29. The van der Waals surface area contributed by atoms with Crippen LogP contribution in [0.5, 0.6) is 0 Å². The molecule has 0 aliphatic carbocycles. The summed E-state index contributed by atoms with van der Waals surface area (Å²) in [6.45, 7) is 2.02. The Kier molecular flexibility index (Phi) is 4.53. The molecule has 4 heteroatoms. The first-order valence-electron chi connectivity index (χ1n) is 6.23. The molecule has 0 N–H and O–H groups in total. The minimum absolute atomic E-state index is 0.0976. The molecule has 1 unspecified atom stereocenters. The van der Waals surface area contributed by atoms with E-state index in [4.69, 9.17) is 0 Å². The second-order valence-electron chi connectivity index (χ2n) is 4.72. The highest BCUT2D eigenvalue weighted by molar-refractivity contribution is 9.09. The van der Waals surface area contributed by atoms with Gasteiger partial charge in [0, 0.05) is 4.83 Å². The molecule has 0 bridgehead atoms. The summed E-state index contributed by atoms with van der Waals surface area (Å²) in [6.07, 6.45) is -3.62. The molecule has 0 spiro atoms. The summed E-state index contributed by atoms with van der Waals surface area (Å²) in [6, 6.07) is 13.3. The van der Waals surface area contributed by atoms with E-state index in [0.717, 1.165) is 23.3 Å². The predicted molar refractivity (Wildman–Crippen MR) is 78.0 cm³/mol. The average molecular weight is 343 g/mol. The van der Waals surface area contributed by atoms with Crippen LogP contribution in [0.1, 0.15) is 27.1 Å². The number of hydrogen-bond acceptors (Lipinski definition) is 0. The Balaban J connectivity index is 2.13. The molecular weight excluding hydrogens is 329 g/mol.